The number of halogens is 3. The van der Waals surface area contributed by atoms with Gasteiger partial charge in [-0.15, -0.1) is 0 Å². The van der Waals surface area contributed by atoms with Crippen molar-refractivity contribution in [3.05, 3.63) is 59.7 Å². The van der Waals surface area contributed by atoms with Crippen molar-refractivity contribution in [2.75, 3.05) is 30.3 Å². The molecule has 2 rings (SSSR count). The summed E-state index contributed by atoms with van der Waals surface area (Å²) in [4.78, 5) is 37.3. The van der Waals surface area contributed by atoms with Crippen molar-refractivity contribution in [3.8, 4) is 0 Å². The van der Waals surface area contributed by atoms with Crippen LogP contribution in [-0.4, -0.2) is 42.1 Å². The number of likely N-dealkylation sites (N-methyl/N-ethyl adjacent to an activating group) is 1. The molecule has 0 bridgehead atoms. The van der Waals surface area contributed by atoms with Crippen LogP contribution in [0.15, 0.2) is 48.5 Å². The predicted molar refractivity (Wildman–Crippen MR) is 112 cm³/mol. The molecule has 0 aliphatic rings. The number of nitrogens with zero attached hydrogens (tertiary/aromatic N) is 1. The minimum atomic E-state index is -4.57. The van der Waals surface area contributed by atoms with Gasteiger partial charge in [0, 0.05) is 24.2 Å². The van der Waals surface area contributed by atoms with Crippen LogP contribution < -0.4 is 10.6 Å². The molecule has 0 aliphatic heterocycles. The molecule has 0 aromatic heterocycles. The van der Waals surface area contributed by atoms with Crippen LogP contribution in [0.5, 0.6) is 0 Å². The average Bonchev–Trinajstić information content (AvgIpc) is 2.71. The first-order valence-electron chi connectivity index (χ1n) is 9.69. The summed E-state index contributed by atoms with van der Waals surface area (Å²) in [6.45, 7) is 3.78. The van der Waals surface area contributed by atoms with E-state index in [1.54, 1.807) is 36.1 Å². The summed E-state index contributed by atoms with van der Waals surface area (Å²) in [5.41, 5.74) is -0.141. The van der Waals surface area contributed by atoms with E-state index in [2.05, 4.69) is 10.6 Å². The van der Waals surface area contributed by atoms with Gasteiger partial charge in [0.05, 0.1) is 17.8 Å². The Kier molecular flexibility index (Phi) is 8.32. The molecule has 0 atom stereocenters. The summed E-state index contributed by atoms with van der Waals surface area (Å²) < 4.78 is 39.2. The standard InChI is InChI=1S/C22H24F3N3O3/c1-3-28(13-12-20(30)26-17-10-8-16(9-11-17)15(2)29)14-21(31)27-19-7-5-4-6-18(19)22(23,24)25/h4-11H,3,12-14H2,1-2H3,(H,26,30)(H,27,31). The van der Waals surface area contributed by atoms with Gasteiger partial charge in [-0.25, -0.2) is 0 Å². The second-order valence-electron chi connectivity index (χ2n) is 6.89. The van der Waals surface area contributed by atoms with Gasteiger partial charge >= 0.3 is 6.18 Å². The highest BCUT2D eigenvalue weighted by Crippen LogP contribution is 2.34. The number of benzene rings is 2. The molecule has 0 saturated heterocycles. The van der Waals surface area contributed by atoms with Crippen molar-refractivity contribution in [2.45, 2.75) is 26.4 Å². The zero-order chi connectivity index (χ0) is 23.0. The monoisotopic (exact) mass is 435 g/mol. The Morgan fingerprint density at radius 2 is 1.58 bits per heavy atom. The van der Waals surface area contributed by atoms with Crippen LogP contribution >= 0.6 is 0 Å². The second kappa shape index (κ2) is 10.7. The zero-order valence-electron chi connectivity index (χ0n) is 17.3. The molecule has 2 N–H and O–H groups in total. The Balaban J connectivity index is 1.87. The van der Waals surface area contributed by atoms with Gasteiger partial charge in [0.2, 0.25) is 11.8 Å². The Labute approximate surface area is 178 Å². The highest BCUT2D eigenvalue weighted by atomic mass is 19.4. The van der Waals surface area contributed by atoms with Crippen LogP contribution in [0.1, 0.15) is 36.2 Å². The summed E-state index contributed by atoms with van der Waals surface area (Å²) in [5, 5.41) is 5.00. The molecule has 0 unspecified atom stereocenters. The SMILES string of the molecule is CCN(CCC(=O)Nc1ccc(C(C)=O)cc1)CC(=O)Nc1ccccc1C(F)(F)F. The fourth-order valence-corrected chi connectivity index (χ4v) is 2.85. The van der Waals surface area contributed by atoms with Crippen molar-refractivity contribution < 1.29 is 27.6 Å². The van der Waals surface area contributed by atoms with Gasteiger partial charge in [0.1, 0.15) is 0 Å². The quantitative estimate of drug-likeness (QED) is 0.579. The number of carbonyl (C=O) groups is 3. The van der Waals surface area contributed by atoms with Gasteiger partial charge in [-0.2, -0.15) is 13.2 Å². The third kappa shape index (κ3) is 7.53. The lowest BCUT2D eigenvalue weighted by atomic mass is 10.1. The first-order chi connectivity index (χ1) is 14.6. The lowest BCUT2D eigenvalue weighted by Gasteiger charge is -2.20. The van der Waals surface area contributed by atoms with E-state index in [0.717, 1.165) is 6.07 Å². The molecule has 0 saturated carbocycles. The van der Waals surface area contributed by atoms with Crippen LogP contribution in [-0.2, 0) is 15.8 Å². The molecule has 0 aliphatic carbocycles. The van der Waals surface area contributed by atoms with Gasteiger partial charge in [0.25, 0.3) is 0 Å². The predicted octanol–water partition coefficient (Wildman–Crippen LogP) is 4.20. The molecule has 166 valence electrons. The van der Waals surface area contributed by atoms with E-state index in [0.29, 0.717) is 17.8 Å². The first-order valence-corrected chi connectivity index (χ1v) is 9.69. The van der Waals surface area contributed by atoms with E-state index in [1.807, 2.05) is 0 Å². The van der Waals surface area contributed by atoms with E-state index < -0.39 is 17.6 Å². The molecule has 6 nitrogen and oxygen atoms in total. The summed E-state index contributed by atoms with van der Waals surface area (Å²) >= 11 is 0. The Bertz CT molecular complexity index is 928. The maximum atomic E-state index is 13.1. The second-order valence-corrected chi connectivity index (χ2v) is 6.89. The molecule has 9 heteroatoms. The van der Waals surface area contributed by atoms with Gasteiger partial charge in [-0.1, -0.05) is 19.1 Å². The number of ketones is 1. The number of nitrogens with one attached hydrogen (secondary N) is 2. The number of para-hydroxylation sites is 1. The van der Waals surface area contributed by atoms with E-state index in [1.165, 1.54) is 25.1 Å². The van der Waals surface area contributed by atoms with Gasteiger partial charge < -0.3 is 10.6 Å². The topological polar surface area (TPSA) is 78.5 Å². The smallest absolute Gasteiger partial charge is 0.326 e. The minimum Gasteiger partial charge on any atom is -0.326 e. The summed E-state index contributed by atoms with van der Waals surface area (Å²) in [6.07, 6.45) is -4.48. The van der Waals surface area contributed by atoms with Crippen LogP contribution in [0.2, 0.25) is 0 Å². The van der Waals surface area contributed by atoms with Gasteiger partial charge in [-0.05, 0) is 49.9 Å². The number of rotatable bonds is 9. The molecule has 0 heterocycles. The Morgan fingerprint density at radius 1 is 0.935 bits per heavy atom. The molecule has 31 heavy (non-hydrogen) atoms. The van der Waals surface area contributed by atoms with Gasteiger partial charge in [-0.3, -0.25) is 19.3 Å². The number of Topliss-reactive ketones (excluding diaryl/α,β-unsaturated/α-hetero) is 1. The Morgan fingerprint density at radius 3 is 2.16 bits per heavy atom. The molecule has 0 fully saturated rings. The van der Waals surface area contributed by atoms with Crippen molar-refractivity contribution in [3.63, 3.8) is 0 Å². The first kappa shape index (κ1) is 24.1. The van der Waals surface area contributed by atoms with E-state index in [9.17, 15) is 27.6 Å². The van der Waals surface area contributed by atoms with E-state index in [4.69, 9.17) is 0 Å². The Hall–Kier alpha value is -3.20. The number of alkyl halides is 3. The van der Waals surface area contributed by atoms with Crippen molar-refractivity contribution in [1.82, 2.24) is 4.90 Å². The normalized spacial score (nSPS) is 11.3. The van der Waals surface area contributed by atoms with Crippen LogP contribution in [0.4, 0.5) is 24.5 Å². The lowest BCUT2D eigenvalue weighted by Crippen LogP contribution is -2.35. The van der Waals surface area contributed by atoms with Crippen molar-refractivity contribution >= 4 is 29.0 Å². The molecule has 2 aromatic rings. The average molecular weight is 435 g/mol. The maximum absolute atomic E-state index is 13.1. The number of hydrogen-bond donors (Lipinski definition) is 2. The van der Waals surface area contributed by atoms with Crippen LogP contribution in [0, 0.1) is 0 Å². The highest BCUT2D eigenvalue weighted by Gasteiger charge is 2.33. The molecular formula is C22H24F3N3O3. The lowest BCUT2D eigenvalue weighted by molar-refractivity contribution is -0.137. The fourth-order valence-electron chi connectivity index (χ4n) is 2.85. The van der Waals surface area contributed by atoms with Crippen LogP contribution in [0.3, 0.4) is 0 Å². The third-order valence-corrected chi connectivity index (χ3v) is 4.55. The third-order valence-electron chi connectivity index (χ3n) is 4.55. The summed E-state index contributed by atoms with van der Waals surface area (Å²) in [6, 6.07) is 11.2. The zero-order valence-corrected chi connectivity index (χ0v) is 17.3. The van der Waals surface area contributed by atoms with Crippen molar-refractivity contribution in [2.24, 2.45) is 0 Å². The molecular weight excluding hydrogens is 411 g/mol. The van der Waals surface area contributed by atoms with Crippen LogP contribution in [0.25, 0.3) is 0 Å². The highest BCUT2D eigenvalue weighted by molar-refractivity contribution is 5.96. The summed E-state index contributed by atoms with van der Waals surface area (Å²) in [7, 11) is 0. The van der Waals surface area contributed by atoms with E-state index >= 15 is 0 Å². The number of amides is 2. The van der Waals surface area contributed by atoms with Crippen molar-refractivity contribution in [1.29, 1.82) is 0 Å². The van der Waals surface area contributed by atoms with E-state index in [-0.39, 0.29) is 36.9 Å². The minimum absolute atomic E-state index is 0.0763. The molecule has 2 amide bonds. The van der Waals surface area contributed by atoms with Gasteiger partial charge in [0.15, 0.2) is 5.78 Å². The summed E-state index contributed by atoms with van der Waals surface area (Å²) in [5.74, 6) is -0.955. The molecule has 0 spiro atoms. The fraction of sp³-hybridized carbons (Fsp3) is 0.318. The number of hydrogen-bond acceptors (Lipinski definition) is 4. The maximum Gasteiger partial charge on any atom is 0.418 e. The largest absolute Gasteiger partial charge is 0.418 e. The molecule has 2 aromatic carbocycles. The molecule has 0 radical (unpaired) electrons. The number of anilines is 2. The number of carbonyl (C=O) groups excluding carboxylic acids is 3.